The van der Waals surface area contributed by atoms with Gasteiger partial charge in [-0.2, -0.15) is 5.26 Å². The van der Waals surface area contributed by atoms with Crippen LogP contribution in [0.3, 0.4) is 0 Å². The van der Waals surface area contributed by atoms with Crippen LogP contribution in [-0.4, -0.2) is 44.8 Å². The Bertz CT molecular complexity index is 1790. The first-order valence-corrected chi connectivity index (χ1v) is 17.5. The van der Waals surface area contributed by atoms with Gasteiger partial charge in [0.25, 0.3) is 0 Å². The van der Waals surface area contributed by atoms with Crippen LogP contribution in [0.5, 0.6) is 0 Å². The van der Waals surface area contributed by atoms with Crippen LogP contribution in [0.25, 0.3) is 10.4 Å². The number of amides is 3. The topological polar surface area (TPSA) is 169 Å². The van der Waals surface area contributed by atoms with Crippen molar-refractivity contribution in [3.8, 4) is 6.07 Å². The van der Waals surface area contributed by atoms with Gasteiger partial charge in [0.15, 0.2) is 0 Å². The first-order chi connectivity index (χ1) is 23.3. The molecule has 5 rings (SSSR count). The number of urea groups is 1. The largest absolute Gasteiger partial charge is 0.598 e. The summed E-state index contributed by atoms with van der Waals surface area (Å²) in [5.41, 5.74) is 9.93. The highest BCUT2D eigenvalue weighted by Gasteiger charge is 2.44. The zero-order valence-corrected chi connectivity index (χ0v) is 29.0. The van der Waals surface area contributed by atoms with Gasteiger partial charge < -0.3 is 20.1 Å². The van der Waals surface area contributed by atoms with Gasteiger partial charge >= 0.3 is 6.03 Å². The second-order valence-electron chi connectivity index (χ2n) is 13.4. The second kappa shape index (κ2) is 15.1. The van der Waals surface area contributed by atoms with Crippen LogP contribution in [0.2, 0.25) is 5.02 Å². The summed E-state index contributed by atoms with van der Waals surface area (Å²) in [5.74, 6) is -0.878. The molecule has 3 N–H and O–H groups in total. The lowest BCUT2D eigenvalue weighted by atomic mass is 9.79. The highest BCUT2D eigenvalue weighted by Crippen LogP contribution is 2.43. The molecule has 3 aromatic carbocycles. The number of hydrogen-bond donors (Lipinski definition) is 3. The standard InChI is InChI=1S/C35H38ClFN8O3S/c1-34(2,3)49(48)43-35(16-15-22-7-8-22,24-6-4-5-23(17-24)20-38)25-9-14-29(37)30(18-25)41-32(46)31-19-28(42-44-39)21-45(31)33(47)40-27-12-10-26(36)11-13-27/h4-6,9-14,17-18,22,28,31,43H,7-8,15-16,19,21H2,1-3H3,(H,40,47)(H,41,46)/t28?,31-,35?,49-/m1/s1. The summed E-state index contributed by atoms with van der Waals surface area (Å²) in [5, 5.41) is 19.4. The molecule has 1 heterocycles. The third-order valence-corrected chi connectivity index (χ3v) is 10.7. The van der Waals surface area contributed by atoms with Crippen molar-refractivity contribution in [2.24, 2.45) is 11.0 Å². The maximum absolute atomic E-state index is 15.6. The number of anilines is 2. The lowest BCUT2D eigenvalue weighted by molar-refractivity contribution is -0.119. The molecule has 4 atom stereocenters. The average Bonchev–Trinajstić information content (AvgIpc) is 3.81. The Morgan fingerprint density at radius 1 is 1.12 bits per heavy atom. The molecular formula is C35H38ClFN8O3S. The number of azide groups is 1. The molecule has 3 amide bonds. The first kappa shape index (κ1) is 36.0. The van der Waals surface area contributed by atoms with Crippen molar-refractivity contribution < 1.29 is 18.5 Å². The SMILES string of the molecule is CC(C)(C)[S@@+]([O-])NC(CCC1CC1)(c1cccc(C#N)c1)c1ccc(F)c(NC(=O)[C@H]2CC(N=[N+]=[N-])CN2C(=O)Nc2ccc(Cl)cc2)c1. The van der Waals surface area contributed by atoms with E-state index in [0.717, 1.165) is 19.3 Å². The fraction of sp³-hybridized carbons (Fsp3) is 0.400. The molecule has 0 aromatic heterocycles. The van der Waals surface area contributed by atoms with Crippen LogP contribution in [0.4, 0.5) is 20.6 Å². The predicted octanol–water partition coefficient (Wildman–Crippen LogP) is 7.76. The van der Waals surface area contributed by atoms with Crippen LogP contribution < -0.4 is 15.4 Å². The lowest BCUT2D eigenvalue weighted by Gasteiger charge is -2.39. The molecule has 1 aliphatic heterocycles. The lowest BCUT2D eigenvalue weighted by Crippen LogP contribution is -2.52. The number of nitrogens with one attached hydrogen (secondary N) is 3. The second-order valence-corrected chi connectivity index (χ2v) is 15.8. The Labute approximate surface area is 293 Å². The van der Waals surface area contributed by atoms with Crippen molar-refractivity contribution in [2.75, 3.05) is 17.2 Å². The van der Waals surface area contributed by atoms with Crippen LogP contribution >= 0.6 is 11.6 Å². The van der Waals surface area contributed by atoms with Crippen LogP contribution in [-0.2, 0) is 21.7 Å². The van der Waals surface area contributed by atoms with Crippen molar-refractivity contribution in [3.05, 3.63) is 105 Å². The summed E-state index contributed by atoms with van der Waals surface area (Å²) in [6.45, 7) is 5.53. The molecular weight excluding hydrogens is 667 g/mol. The number of nitrogens with zero attached hydrogens (tertiary/aromatic N) is 5. The van der Waals surface area contributed by atoms with E-state index < -0.39 is 51.5 Å². The summed E-state index contributed by atoms with van der Waals surface area (Å²) in [6, 6.07) is 17.7. The number of halogens is 2. The molecule has 0 spiro atoms. The van der Waals surface area contributed by atoms with E-state index in [9.17, 15) is 19.4 Å². The molecule has 14 heteroatoms. The van der Waals surface area contributed by atoms with Crippen LogP contribution in [0, 0.1) is 23.1 Å². The van der Waals surface area contributed by atoms with E-state index in [1.807, 2.05) is 26.8 Å². The minimum Gasteiger partial charge on any atom is -0.598 e. The van der Waals surface area contributed by atoms with E-state index in [0.29, 0.717) is 39.7 Å². The third kappa shape index (κ3) is 8.65. The van der Waals surface area contributed by atoms with Gasteiger partial charge in [-0.3, -0.25) is 4.79 Å². The van der Waals surface area contributed by atoms with E-state index in [4.69, 9.17) is 17.1 Å². The fourth-order valence-electron chi connectivity index (χ4n) is 5.89. The minimum absolute atomic E-state index is 0.0217. The summed E-state index contributed by atoms with van der Waals surface area (Å²) < 4.78 is 32.1. The van der Waals surface area contributed by atoms with Gasteiger partial charge in [0, 0.05) is 33.5 Å². The Morgan fingerprint density at radius 2 is 1.84 bits per heavy atom. The molecule has 1 aliphatic carbocycles. The van der Waals surface area contributed by atoms with Crippen molar-refractivity contribution in [2.45, 2.75) is 75.2 Å². The van der Waals surface area contributed by atoms with Gasteiger partial charge in [-0.05, 0) is 111 Å². The van der Waals surface area contributed by atoms with Crippen molar-refractivity contribution in [1.29, 1.82) is 5.26 Å². The fourth-order valence-corrected chi connectivity index (χ4v) is 6.98. The number of carbonyl (C=O) groups excluding carboxylic acids is 2. The molecule has 2 unspecified atom stereocenters. The number of likely N-dealkylation sites (tertiary alicyclic amines) is 1. The van der Waals surface area contributed by atoms with Crippen molar-refractivity contribution in [3.63, 3.8) is 0 Å². The number of carbonyl (C=O) groups is 2. The summed E-state index contributed by atoms with van der Waals surface area (Å²) >= 11 is 4.38. The highest BCUT2D eigenvalue weighted by atomic mass is 35.5. The Morgan fingerprint density at radius 3 is 2.49 bits per heavy atom. The monoisotopic (exact) mass is 704 g/mol. The Hall–Kier alpha value is -4.31. The average molecular weight is 705 g/mol. The molecule has 3 aromatic rings. The van der Waals surface area contributed by atoms with E-state index in [2.05, 4.69) is 31.5 Å². The normalized spacial score (nSPS) is 19.2. The minimum atomic E-state index is -1.58. The Balaban J connectivity index is 1.50. The highest BCUT2D eigenvalue weighted by molar-refractivity contribution is 7.90. The number of hydrogen-bond acceptors (Lipinski definition) is 6. The summed E-state index contributed by atoms with van der Waals surface area (Å²) in [4.78, 5) is 31.3. The molecule has 2 aliphatic rings. The predicted molar refractivity (Wildman–Crippen MR) is 188 cm³/mol. The maximum atomic E-state index is 15.6. The number of nitriles is 1. The molecule has 49 heavy (non-hydrogen) atoms. The van der Waals surface area contributed by atoms with Crippen molar-refractivity contribution >= 4 is 46.3 Å². The van der Waals surface area contributed by atoms with E-state index >= 15 is 4.39 Å². The van der Waals surface area contributed by atoms with Gasteiger partial charge in [0.1, 0.15) is 22.1 Å². The molecule has 0 radical (unpaired) electrons. The smallest absolute Gasteiger partial charge is 0.322 e. The van der Waals surface area contributed by atoms with Gasteiger partial charge in [0.05, 0.1) is 23.4 Å². The van der Waals surface area contributed by atoms with Crippen molar-refractivity contribution in [1.82, 2.24) is 9.62 Å². The summed E-state index contributed by atoms with van der Waals surface area (Å²) in [6.07, 6.45) is 3.50. The molecule has 1 saturated carbocycles. The molecule has 0 bridgehead atoms. The number of rotatable bonds is 11. The molecule has 11 nitrogen and oxygen atoms in total. The van der Waals surface area contributed by atoms with Crippen LogP contribution in [0.15, 0.2) is 71.8 Å². The van der Waals surface area contributed by atoms with E-state index in [1.165, 1.54) is 17.0 Å². The molecule has 2 fully saturated rings. The van der Waals surface area contributed by atoms with Gasteiger partial charge in [-0.25, -0.2) is 9.18 Å². The van der Waals surface area contributed by atoms with E-state index in [1.54, 1.807) is 48.5 Å². The van der Waals surface area contributed by atoms with E-state index in [-0.39, 0.29) is 18.7 Å². The zero-order chi connectivity index (χ0) is 35.3. The molecule has 256 valence electrons. The quantitative estimate of drug-likeness (QED) is 0.0801. The van der Waals surface area contributed by atoms with Gasteiger partial charge in [0.2, 0.25) is 5.91 Å². The third-order valence-electron chi connectivity index (χ3n) is 8.80. The van der Waals surface area contributed by atoms with Crippen LogP contribution in [0.1, 0.15) is 69.6 Å². The molecule has 1 saturated heterocycles. The zero-order valence-electron chi connectivity index (χ0n) is 27.5. The number of benzene rings is 3. The Kier molecular flexibility index (Phi) is 11.1. The van der Waals surface area contributed by atoms with Gasteiger partial charge in [-0.1, -0.05) is 47.8 Å². The summed E-state index contributed by atoms with van der Waals surface area (Å²) in [7, 11) is 0. The van der Waals surface area contributed by atoms with Gasteiger partial charge in [-0.15, -0.1) is 4.72 Å². The maximum Gasteiger partial charge on any atom is 0.322 e. The first-order valence-electron chi connectivity index (χ1n) is 16.0.